The summed E-state index contributed by atoms with van der Waals surface area (Å²) in [6.07, 6.45) is -0.902. The standard InChI is InChI=1S/C28H29F3N4O3S/c1-18(20-7-10-22(11-8-20)28(29,30)31)35(3)25-14-9-21(15-19-5-12-23(38-4)13-6-19)27(39(32,36)37)26(25)24-16-34(2)17-33-24/h5-14,16-18H,15H2,1-4H3,(H2,32,36,37)/t18-/m1/s1. The van der Waals surface area contributed by atoms with Crippen molar-refractivity contribution in [2.75, 3.05) is 19.1 Å². The van der Waals surface area contributed by atoms with Crippen molar-refractivity contribution in [3.63, 3.8) is 0 Å². The van der Waals surface area contributed by atoms with Crippen molar-refractivity contribution in [2.45, 2.75) is 30.5 Å². The predicted octanol–water partition coefficient (Wildman–Crippen LogP) is 5.55. The number of sulfonamides is 1. The SMILES string of the molecule is COc1ccc(Cc2ccc(N(C)[C@H](C)c3ccc(C(F)(F)F)cc3)c(-c3cn(C)cn3)c2S(N)(=O)=O)cc1. The third-order valence-corrected chi connectivity index (χ3v) is 7.73. The third kappa shape index (κ3) is 6.10. The number of hydrogen-bond acceptors (Lipinski definition) is 5. The molecule has 2 N–H and O–H groups in total. The number of methoxy groups -OCH3 is 1. The highest BCUT2D eigenvalue weighted by Gasteiger charge is 2.31. The van der Waals surface area contributed by atoms with E-state index < -0.39 is 27.8 Å². The van der Waals surface area contributed by atoms with Gasteiger partial charge >= 0.3 is 6.18 Å². The van der Waals surface area contributed by atoms with E-state index in [0.29, 0.717) is 33.8 Å². The first-order valence-electron chi connectivity index (χ1n) is 12.0. The summed E-state index contributed by atoms with van der Waals surface area (Å²) < 4.78 is 72.3. The molecular formula is C28H29F3N4O3S. The molecule has 0 saturated heterocycles. The van der Waals surface area contributed by atoms with Crippen LogP contribution in [-0.2, 0) is 29.7 Å². The zero-order valence-electron chi connectivity index (χ0n) is 21.9. The van der Waals surface area contributed by atoms with Crippen LogP contribution in [0, 0.1) is 0 Å². The summed E-state index contributed by atoms with van der Waals surface area (Å²) in [5.41, 5.74) is 2.47. The number of anilines is 1. The molecule has 0 amide bonds. The second-order valence-electron chi connectivity index (χ2n) is 9.35. The van der Waals surface area contributed by atoms with Crippen LogP contribution >= 0.6 is 0 Å². The number of primary sulfonamides is 1. The molecule has 206 valence electrons. The number of hydrogen-bond donors (Lipinski definition) is 1. The fourth-order valence-electron chi connectivity index (χ4n) is 4.51. The number of halogens is 3. The molecule has 3 aromatic carbocycles. The lowest BCUT2D eigenvalue weighted by molar-refractivity contribution is -0.137. The molecule has 4 rings (SSSR count). The molecule has 0 radical (unpaired) electrons. The van der Waals surface area contributed by atoms with Gasteiger partial charge in [0, 0.05) is 31.5 Å². The third-order valence-electron chi connectivity index (χ3n) is 6.70. The van der Waals surface area contributed by atoms with Crippen LogP contribution in [0.15, 0.2) is 78.1 Å². The summed E-state index contributed by atoms with van der Waals surface area (Å²) in [4.78, 5) is 6.17. The van der Waals surface area contributed by atoms with Crippen LogP contribution in [0.3, 0.4) is 0 Å². The number of alkyl halides is 3. The lowest BCUT2D eigenvalue weighted by atomic mass is 9.98. The van der Waals surface area contributed by atoms with Gasteiger partial charge < -0.3 is 14.2 Å². The molecule has 1 heterocycles. The van der Waals surface area contributed by atoms with E-state index in [1.807, 2.05) is 19.1 Å². The van der Waals surface area contributed by atoms with Crippen molar-refractivity contribution in [2.24, 2.45) is 12.2 Å². The topological polar surface area (TPSA) is 90.4 Å². The molecule has 39 heavy (non-hydrogen) atoms. The summed E-state index contributed by atoms with van der Waals surface area (Å²) in [5.74, 6) is 0.675. The van der Waals surface area contributed by atoms with Gasteiger partial charge in [0.15, 0.2) is 0 Å². The molecule has 1 atom stereocenters. The molecular weight excluding hydrogens is 529 g/mol. The van der Waals surface area contributed by atoms with E-state index in [-0.39, 0.29) is 11.3 Å². The second kappa shape index (κ2) is 10.7. The lowest BCUT2D eigenvalue weighted by Crippen LogP contribution is -2.24. The van der Waals surface area contributed by atoms with E-state index in [1.54, 1.807) is 67.5 Å². The Labute approximate surface area is 225 Å². The number of aryl methyl sites for hydroxylation is 1. The van der Waals surface area contributed by atoms with Gasteiger partial charge in [0.1, 0.15) is 5.75 Å². The van der Waals surface area contributed by atoms with E-state index in [9.17, 15) is 21.6 Å². The zero-order valence-corrected chi connectivity index (χ0v) is 22.7. The lowest BCUT2D eigenvalue weighted by Gasteiger charge is -2.30. The molecule has 1 aromatic heterocycles. The predicted molar refractivity (Wildman–Crippen MR) is 144 cm³/mol. The molecule has 4 aromatic rings. The van der Waals surface area contributed by atoms with Crippen LogP contribution in [0.1, 0.15) is 35.2 Å². The maximum Gasteiger partial charge on any atom is 0.416 e. The van der Waals surface area contributed by atoms with Gasteiger partial charge in [0.05, 0.1) is 35.6 Å². The Morgan fingerprint density at radius 3 is 2.21 bits per heavy atom. The van der Waals surface area contributed by atoms with Crippen molar-refractivity contribution >= 4 is 15.7 Å². The number of aromatic nitrogens is 2. The van der Waals surface area contributed by atoms with Crippen LogP contribution in [-0.4, -0.2) is 32.1 Å². The fraction of sp³-hybridized carbons (Fsp3) is 0.250. The highest BCUT2D eigenvalue weighted by molar-refractivity contribution is 7.89. The normalized spacial score (nSPS) is 12.8. The highest BCUT2D eigenvalue weighted by atomic mass is 32.2. The van der Waals surface area contributed by atoms with E-state index in [1.165, 1.54) is 12.1 Å². The molecule has 11 heteroatoms. The molecule has 0 fully saturated rings. The van der Waals surface area contributed by atoms with E-state index in [4.69, 9.17) is 9.88 Å². The van der Waals surface area contributed by atoms with Gasteiger partial charge in [-0.05, 0) is 60.4 Å². The van der Waals surface area contributed by atoms with Crippen LogP contribution < -0.4 is 14.8 Å². The minimum atomic E-state index is -4.44. The van der Waals surface area contributed by atoms with Crippen LogP contribution in [0.4, 0.5) is 18.9 Å². The Morgan fingerprint density at radius 1 is 1.05 bits per heavy atom. The van der Waals surface area contributed by atoms with Crippen LogP contribution in [0.2, 0.25) is 0 Å². The molecule has 7 nitrogen and oxygen atoms in total. The maximum atomic E-state index is 13.1. The summed E-state index contributed by atoms with van der Waals surface area (Å²) in [6, 6.07) is 15.3. The molecule has 0 bridgehead atoms. The maximum absolute atomic E-state index is 13.1. The summed E-state index contributed by atoms with van der Waals surface area (Å²) >= 11 is 0. The first kappa shape index (κ1) is 28.2. The smallest absolute Gasteiger partial charge is 0.416 e. The van der Waals surface area contributed by atoms with E-state index in [2.05, 4.69) is 4.98 Å². The van der Waals surface area contributed by atoms with Gasteiger partial charge in [-0.25, -0.2) is 18.5 Å². The highest BCUT2D eigenvalue weighted by Crippen LogP contribution is 2.41. The van der Waals surface area contributed by atoms with Crippen LogP contribution in [0.5, 0.6) is 5.75 Å². The summed E-state index contributed by atoms with van der Waals surface area (Å²) in [6.45, 7) is 1.83. The van der Waals surface area contributed by atoms with Crippen molar-refractivity contribution in [3.8, 4) is 17.0 Å². The molecule has 0 unspecified atom stereocenters. The number of imidazole rings is 1. The quantitative estimate of drug-likeness (QED) is 0.306. The number of rotatable bonds is 8. The van der Waals surface area contributed by atoms with Gasteiger partial charge in [-0.15, -0.1) is 0 Å². The van der Waals surface area contributed by atoms with Crippen LogP contribution in [0.25, 0.3) is 11.3 Å². The number of nitrogens with zero attached hydrogens (tertiary/aromatic N) is 3. The first-order chi connectivity index (χ1) is 18.3. The van der Waals surface area contributed by atoms with Gasteiger partial charge in [0.25, 0.3) is 0 Å². The minimum absolute atomic E-state index is 0.0546. The van der Waals surface area contributed by atoms with Gasteiger partial charge in [-0.2, -0.15) is 13.2 Å². The zero-order chi connectivity index (χ0) is 28.5. The van der Waals surface area contributed by atoms with E-state index >= 15 is 0 Å². The Hall–Kier alpha value is -3.83. The molecule has 0 saturated carbocycles. The van der Waals surface area contributed by atoms with Gasteiger partial charge in [-0.1, -0.05) is 30.3 Å². The number of benzene rings is 3. The molecule has 0 aliphatic carbocycles. The number of ether oxygens (including phenoxy) is 1. The Balaban J connectivity index is 1.85. The molecule has 0 spiro atoms. The second-order valence-corrected chi connectivity index (χ2v) is 10.8. The summed E-state index contributed by atoms with van der Waals surface area (Å²) in [5, 5.41) is 5.81. The monoisotopic (exact) mass is 558 g/mol. The van der Waals surface area contributed by atoms with E-state index in [0.717, 1.165) is 17.7 Å². The van der Waals surface area contributed by atoms with Crippen molar-refractivity contribution < 1.29 is 26.3 Å². The molecule has 0 aliphatic heterocycles. The van der Waals surface area contributed by atoms with Gasteiger partial charge in [-0.3, -0.25) is 0 Å². The Kier molecular flexibility index (Phi) is 7.76. The van der Waals surface area contributed by atoms with Crippen molar-refractivity contribution in [1.29, 1.82) is 0 Å². The summed E-state index contributed by atoms with van der Waals surface area (Å²) in [7, 11) is 0.850. The van der Waals surface area contributed by atoms with Crippen molar-refractivity contribution in [3.05, 3.63) is 95.4 Å². The van der Waals surface area contributed by atoms with Crippen molar-refractivity contribution in [1.82, 2.24) is 9.55 Å². The Bertz CT molecular complexity index is 1570. The Morgan fingerprint density at radius 2 is 1.69 bits per heavy atom. The van der Waals surface area contributed by atoms with Gasteiger partial charge in [0.2, 0.25) is 10.0 Å². The average Bonchev–Trinajstić information content (AvgIpc) is 3.32. The largest absolute Gasteiger partial charge is 0.497 e. The minimum Gasteiger partial charge on any atom is -0.497 e. The fourth-order valence-corrected chi connectivity index (χ4v) is 5.51. The first-order valence-corrected chi connectivity index (χ1v) is 13.5. The number of nitrogens with two attached hydrogens (primary N) is 1. The molecule has 0 aliphatic rings. The average molecular weight is 559 g/mol.